The highest BCUT2D eigenvalue weighted by Gasteiger charge is 2.15. The maximum absolute atomic E-state index is 10.9. The second-order valence-electron chi connectivity index (χ2n) is 2.53. The summed E-state index contributed by atoms with van der Waals surface area (Å²) in [7, 11) is 2.92. The summed E-state index contributed by atoms with van der Waals surface area (Å²) in [5, 5.41) is 0.166. The average molecular weight is 216 g/mol. The molecule has 0 atom stereocenters. The van der Waals surface area contributed by atoms with Gasteiger partial charge in [0.15, 0.2) is 11.5 Å². The van der Waals surface area contributed by atoms with Crippen molar-refractivity contribution < 1.29 is 14.3 Å². The summed E-state index contributed by atoms with van der Waals surface area (Å²) in [6.07, 6.45) is 0. The first-order valence-electron chi connectivity index (χ1n) is 3.82. The Kier molecular flexibility index (Phi) is 3.19. The molecule has 0 fully saturated rings. The molecule has 5 heteroatoms. The van der Waals surface area contributed by atoms with Crippen LogP contribution in [0.15, 0.2) is 12.1 Å². The molecule has 1 aromatic rings. The highest BCUT2D eigenvalue weighted by molar-refractivity contribution is 6.35. The Morgan fingerprint density at radius 2 is 2.00 bits per heavy atom. The molecule has 0 aliphatic rings. The van der Waals surface area contributed by atoms with Crippen LogP contribution in [0.2, 0.25) is 5.02 Å². The third kappa shape index (κ3) is 1.75. The molecule has 0 aliphatic heterocycles. The topological polar surface area (TPSA) is 61.5 Å². The van der Waals surface area contributed by atoms with E-state index in [0.717, 1.165) is 0 Å². The first kappa shape index (κ1) is 10.7. The lowest BCUT2D eigenvalue weighted by molar-refractivity contribution is 0.1000. The van der Waals surface area contributed by atoms with Crippen molar-refractivity contribution in [1.29, 1.82) is 0 Å². The minimum absolute atomic E-state index is 0.166. The minimum Gasteiger partial charge on any atom is -0.493 e. The van der Waals surface area contributed by atoms with Crippen molar-refractivity contribution >= 4 is 17.5 Å². The molecule has 0 aliphatic carbocycles. The fraction of sp³-hybridized carbons (Fsp3) is 0.222. The summed E-state index contributed by atoms with van der Waals surface area (Å²) >= 11 is 5.88. The molecule has 1 aromatic carbocycles. The van der Waals surface area contributed by atoms with E-state index in [1.165, 1.54) is 20.3 Å². The lowest BCUT2D eigenvalue weighted by Gasteiger charge is -2.10. The van der Waals surface area contributed by atoms with Crippen molar-refractivity contribution in [3.05, 3.63) is 22.7 Å². The summed E-state index contributed by atoms with van der Waals surface area (Å²) in [5.41, 5.74) is 5.32. The van der Waals surface area contributed by atoms with Crippen molar-refractivity contribution in [1.82, 2.24) is 0 Å². The van der Waals surface area contributed by atoms with Crippen LogP contribution in [0, 0.1) is 0 Å². The summed E-state index contributed by atoms with van der Waals surface area (Å²) in [6, 6.07) is 3.07. The standard InChI is InChI=1S/C9H10ClNO3/c1-13-6-4-3-5(9(11)12)7(10)8(6)14-2/h3-4H,1-2H3,(H2,11,12). The van der Waals surface area contributed by atoms with Crippen LogP contribution < -0.4 is 15.2 Å². The molecule has 4 nitrogen and oxygen atoms in total. The van der Waals surface area contributed by atoms with E-state index in [1.807, 2.05) is 0 Å². The molecule has 0 unspecified atom stereocenters. The smallest absolute Gasteiger partial charge is 0.250 e. The number of benzene rings is 1. The van der Waals surface area contributed by atoms with Gasteiger partial charge in [0, 0.05) is 0 Å². The van der Waals surface area contributed by atoms with E-state index in [1.54, 1.807) is 6.07 Å². The van der Waals surface area contributed by atoms with E-state index in [2.05, 4.69) is 0 Å². The molecule has 1 rings (SSSR count). The van der Waals surface area contributed by atoms with Crippen LogP contribution in [-0.2, 0) is 0 Å². The van der Waals surface area contributed by atoms with E-state index in [-0.39, 0.29) is 10.6 Å². The van der Waals surface area contributed by atoms with Gasteiger partial charge in [0.2, 0.25) is 5.91 Å². The fourth-order valence-corrected chi connectivity index (χ4v) is 1.41. The van der Waals surface area contributed by atoms with Gasteiger partial charge in [-0.25, -0.2) is 0 Å². The number of methoxy groups -OCH3 is 2. The number of rotatable bonds is 3. The van der Waals surface area contributed by atoms with E-state index in [9.17, 15) is 4.79 Å². The number of hydrogen-bond acceptors (Lipinski definition) is 3. The van der Waals surface area contributed by atoms with Crippen LogP contribution in [0.1, 0.15) is 10.4 Å². The Morgan fingerprint density at radius 1 is 1.36 bits per heavy atom. The van der Waals surface area contributed by atoms with Crippen LogP contribution in [0.3, 0.4) is 0 Å². The van der Waals surface area contributed by atoms with E-state index in [4.69, 9.17) is 26.8 Å². The number of halogens is 1. The molecule has 1 amide bonds. The third-order valence-corrected chi connectivity index (χ3v) is 2.13. The molecule has 0 saturated heterocycles. The van der Waals surface area contributed by atoms with Crippen LogP contribution in [0.25, 0.3) is 0 Å². The number of carbonyl (C=O) groups excluding carboxylic acids is 1. The molecule has 76 valence electrons. The van der Waals surface area contributed by atoms with Gasteiger partial charge in [0.25, 0.3) is 0 Å². The lowest BCUT2D eigenvalue weighted by Crippen LogP contribution is -2.12. The number of ether oxygens (including phenoxy) is 2. The number of amides is 1. The second kappa shape index (κ2) is 4.19. The van der Waals surface area contributed by atoms with Crippen LogP contribution in [-0.4, -0.2) is 20.1 Å². The highest BCUT2D eigenvalue weighted by atomic mass is 35.5. The highest BCUT2D eigenvalue weighted by Crippen LogP contribution is 2.36. The summed E-state index contributed by atoms with van der Waals surface area (Å²) < 4.78 is 9.98. The average Bonchev–Trinajstić information content (AvgIpc) is 2.16. The van der Waals surface area contributed by atoms with Crippen molar-refractivity contribution in [3.8, 4) is 11.5 Å². The van der Waals surface area contributed by atoms with E-state index >= 15 is 0 Å². The Bertz CT molecular complexity index is 365. The predicted octanol–water partition coefficient (Wildman–Crippen LogP) is 1.46. The maximum Gasteiger partial charge on any atom is 0.250 e. The van der Waals surface area contributed by atoms with E-state index < -0.39 is 5.91 Å². The van der Waals surface area contributed by atoms with Crippen molar-refractivity contribution in [3.63, 3.8) is 0 Å². The van der Waals surface area contributed by atoms with Crippen LogP contribution >= 0.6 is 11.6 Å². The van der Waals surface area contributed by atoms with Gasteiger partial charge in [-0.1, -0.05) is 11.6 Å². The number of primary amides is 1. The SMILES string of the molecule is COc1ccc(C(N)=O)c(Cl)c1OC. The largest absolute Gasteiger partial charge is 0.493 e. The minimum atomic E-state index is -0.601. The monoisotopic (exact) mass is 215 g/mol. The normalized spacial score (nSPS) is 9.64. The lowest BCUT2D eigenvalue weighted by atomic mass is 10.2. The Morgan fingerprint density at radius 3 is 2.43 bits per heavy atom. The summed E-state index contributed by atoms with van der Waals surface area (Å²) in [6.45, 7) is 0. The van der Waals surface area contributed by atoms with Gasteiger partial charge in [-0.05, 0) is 12.1 Å². The van der Waals surface area contributed by atoms with Crippen molar-refractivity contribution in [2.24, 2.45) is 5.73 Å². The quantitative estimate of drug-likeness (QED) is 0.830. The van der Waals surface area contributed by atoms with Crippen LogP contribution in [0.4, 0.5) is 0 Å². The molecule has 0 saturated carbocycles. The van der Waals surface area contributed by atoms with Gasteiger partial charge in [-0.3, -0.25) is 4.79 Å². The van der Waals surface area contributed by atoms with E-state index in [0.29, 0.717) is 11.5 Å². The van der Waals surface area contributed by atoms with Gasteiger partial charge >= 0.3 is 0 Å². The fourth-order valence-electron chi connectivity index (χ4n) is 1.08. The number of nitrogens with two attached hydrogens (primary N) is 1. The molecule has 0 bridgehead atoms. The molecular formula is C9H10ClNO3. The zero-order valence-electron chi connectivity index (χ0n) is 7.83. The molecule has 0 radical (unpaired) electrons. The zero-order chi connectivity index (χ0) is 10.7. The molecule has 0 aromatic heterocycles. The molecule has 14 heavy (non-hydrogen) atoms. The Labute approximate surface area is 86.6 Å². The van der Waals surface area contributed by atoms with Crippen molar-refractivity contribution in [2.45, 2.75) is 0 Å². The first-order chi connectivity index (χ1) is 6.61. The predicted molar refractivity (Wildman–Crippen MR) is 53.1 cm³/mol. The first-order valence-corrected chi connectivity index (χ1v) is 4.20. The molecule has 0 heterocycles. The van der Waals surface area contributed by atoms with Crippen LogP contribution in [0.5, 0.6) is 11.5 Å². The number of carbonyl (C=O) groups is 1. The maximum atomic E-state index is 10.9. The third-order valence-electron chi connectivity index (χ3n) is 1.75. The zero-order valence-corrected chi connectivity index (χ0v) is 8.59. The van der Waals surface area contributed by atoms with Gasteiger partial charge in [0.1, 0.15) is 0 Å². The summed E-state index contributed by atoms with van der Waals surface area (Å²) in [5.74, 6) is 0.170. The summed E-state index contributed by atoms with van der Waals surface area (Å²) in [4.78, 5) is 10.9. The molecule has 0 spiro atoms. The Balaban J connectivity index is 3.34. The molecule has 2 N–H and O–H groups in total. The Hall–Kier alpha value is -1.42. The van der Waals surface area contributed by atoms with Gasteiger partial charge in [-0.15, -0.1) is 0 Å². The van der Waals surface area contributed by atoms with Gasteiger partial charge < -0.3 is 15.2 Å². The van der Waals surface area contributed by atoms with Crippen molar-refractivity contribution in [2.75, 3.05) is 14.2 Å². The second-order valence-corrected chi connectivity index (χ2v) is 2.90. The van der Waals surface area contributed by atoms with Gasteiger partial charge in [-0.2, -0.15) is 0 Å². The molecular weight excluding hydrogens is 206 g/mol. The number of hydrogen-bond donors (Lipinski definition) is 1. The van der Waals surface area contributed by atoms with Gasteiger partial charge in [0.05, 0.1) is 24.8 Å².